The predicted octanol–water partition coefficient (Wildman–Crippen LogP) is 1.88. The smallest absolute Gasteiger partial charge is 0.122 e. The van der Waals surface area contributed by atoms with Gasteiger partial charge in [-0.25, -0.2) is 5.43 Å². The van der Waals surface area contributed by atoms with Gasteiger partial charge in [0, 0.05) is 18.8 Å². The minimum atomic E-state index is -0.0432. The minimum absolute atomic E-state index is 0.0432. The van der Waals surface area contributed by atoms with Crippen LogP contribution in [0.4, 0.5) is 0 Å². The summed E-state index contributed by atoms with van der Waals surface area (Å²) < 4.78 is 5.53. The van der Waals surface area contributed by atoms with Gasteiger partial charge in [0.25, 0.3) is 0 Å². The highest BCUT2D eigenvalue weighted by Crippen LogP contribution is 2.30. The maximum absolute atomic E-state index is 5.72. The largest absolute Gasteiger partial charge is 0.493 e. The molecule has 1 aromatic carbocycles. The number of fused-ring (bicyclic) bond motifs is 1. The van der Waals surface area contributed by atoms with E-state index in [1.807, 2.05) is 25.4 Å². The fourth-order valence-corrected chi connectivity index (χ4v) is 2.51. The van der Waals surface area contributed by atoms with Gasteiger partial charge >= 0.3 is 0 Å². The third-order valence-corrected chi connectivity index (χ3v) is 3.44. The summed E-state index contributed by atoms with van der Waals surface area (Å²) in [6.07, 6.45) is 4.65. The second-order valence-electron chi connectivity index (χ2n) is 4.86. The van der Waals surface area contributed by atoms with Crippen LogP contribution in [-0.2, 0) is 6.42 Å². The number of nitrogens with one attached hydrogen (secondary N) is 1. The average Bonchev–Trinajstić information content (AvgIpc) is 2.87. The molecule has 2 aromatic rings. The summed E-state index contributed by atoms with van der Waals surface area (Å²) in [4.78, 5) is 4.23. The van der Waals surface area contributed by atoms with Crippen molar-refractivity contribution in [2.45, 2.75) is 19.4 Å². The Morgan fingerprint density at radius 2 is 2.16 bits per heavy atom. The second-order valence-corrected chi connectivity index (χ2v) is 4.86. The number of ether oxygens (including phenoxy) is 1. The predicted molar refractivity (Wildman–Crippen MR) is 73.8 cm³/mol. The molecule has 2 heterocycles. The molecule has 0 fully saturated rings. The molecule has 0 spiro atoms. The van der Waals surface area contributed by atoms with Crippen LogP contribution in [0.5, 0.6) is 5.75 Å². The van der Waals surface area contributed by atoms with Crippen molar-refractivity contribution in [2.24, 2.45) is 5.84 Å². The highest BCUT2D eigenvalue weighted by Gasteiger charge is 2.17. The van der Waals surface area contributed by atoms with E-state index in [2.05, 4.69) is 28.6 Å². The molecule has 1 aliphatic rings. The number of benzene rings is 1. The molecule has 1 aliphatic heterocycles. The molecule has 1 aromatic heterocycles. The zero-order valence-electron chi connectivity index (χ0n) is 10.9. The van der Waals surface area contributed by atoms with Crippen molar-refractivity contribution < 1.29 is 4.74 Å². The van der Waals surface area contributed by atoms with Crippen LogP contribution in [0.25, 0.3) is 0 Å². The Balaban J connectivity index is 1.98. The van der Waals surface area contributed by atoms with Crippen LogP contribution in [0.2, 0.25) is 0 Å². The quantitative estimate of drug-likeness (QED) is 0.649. The summed E-state index contributed by atoms with van der Waals surface area (Å²) in [7, 11) is 0. The molecule has 0 saturated carbocycles. The van der Waals surface area contributed by atoms with Gasteiger partial charge in [-0.2, -0.15) is 0 Å². The number of nitrogens with two attached hydrogens (primary N) is 1. The Labute approximate surface area is 112 Å². The molecule has 1 unspecified atom stereocenters. The standard InChI is InChI=1S/C15H17N3O/c1-10-6-13(9-17-8-10)15(18-16)12-2-3-14-11(7-12)4-5-19-14/h2-3,6-9,15,18H,4-5,16H2,1H3. The molecule has 0 amide bonds. The lowest BCUT2D eigenvalue weighted by Crippen LogP contribution is -2.29. The number of hydrogen-bond acceptors (Lipinski definition) is 4. The summed E-state index contributed by atoms with van der Waals surface area (Å²) in [5, 5.41) is 0. The maximum Gasteiger partial charge on any atom is 0.122 e. The van der Waals surface area contributed by atoms with E-state index in [1.165, 1.54) is 5.56 Å². The molecule has 19 heavy (non-hydrogen) atoms. The van der Waals surface area contributed by atoms with Crippen molar-refractivity contribution in [3.8, 4) is 5.75 Å². The van der Waals surface area contributed by atoms with Gasteiger partial charge in [0.1, 0.15) is 5.75 Å². The fourth-order valence-electron chi connectivity index (χ4n) is 2.51. The number of rotatable bonds is 3. The van der Waals surface area contributed by atoms with Gasteiger partial charge in [-0.15, -0.1) is 0 Å². The molecular formula is C15H17N3O. The van der Waals surface area contributed by atoms with Crippen LogP contribution in [0.3, 0.4) is 0 Å². The monoisotopic (exact) mass is 255 g/mol. The van der Waals surface area contributed by atoms with E-state index in [-0.39, 0.29) is 6.04 Å². The topological polar surface area (TPSA) is 60.2 Å². The molecule has 4 nitrogen and oxygen atoms in total. The van der Waals surface area contributed by atoms with Crippen LogP contribution in [0, 0.1) is 6.92 Å². The van der Waals surface area contributed by atoms with E-state index in [0.29, 0.717) is 0 Å². The van der Waals surface area contributed by atoms with E-state index in [9.17, 15) is 0 Å². The van der Waals surface area contributed by atoms with Gasteiger partial charge in [-0.1, -0.05) is 18.2 Å². The third-order valence-electron chi connectivity index (χ3n) is 3.44. The summed E-state index contributed by atoms with van der Waals surface area (Å²) in [6.45, 7) is 2.80. The van der Waals surface area contributed by atoms with Crippen LogP contribution < -0.4 is 16.0 Å². The Kier molecular flexibility index (Phi) is 3.19. The maximum atomic E-state index is 5.72. The highest BCUT2D eigenvalue weighted by atomic mass is 16.5. The summed E-state index contributed by atoms with van der Waals surface area (Å²) in [6, 6.07) is 8.29. The lowest BCUT2D eigenvalue weighted by atomic mass is 9.97. The molecule has 3 N–H and O–H groups in total. The van der Waals surface area contributed by atoms with Crippen molar-refractivity contribution >= 4 is 0 Å². The Bertz CT molecular complexity index is 598. The molecule has 98 valence electrons. The van der Waals surface area contributed by atoms with Gasteiger partial charge in [0.2, 0.25) is 0 Å². The van der Waals surface area contributed by atoms with Crippen LogP contribution in [0.1, 0.15) is 28.3 Å². The van der Waals surface area contributed by atoms with Gasteiger partial charge in [-0.3, -0.25) is 10.8 Å². The van der Waals surface area contributed by atoms with Crippen LogP contribution in [-0.4, -0.2) is 11.6 Å². The number of nitrogens with zero attached hydrogens (tertiary/aromatic N) is 1. The van der Waals surface area contributed by atoms with E-state index >= 15 is 0 Å². The highest BCUT2D eigenvalue weighted by molar-refractivity contribution is 5.43. The van der Waals surface area contributed by atoms with Gasteiger partial charge in [0.05, 0.1) is 12.6 Å². The number of hydrazine groups is 1. The summed E-state index contributed by atoms with van der Waals surface area (Å²) >= 11 is 0. The third kappa shape index (κ3) is 2.32. The molecule has 4 heteroatoms. The van der Waals surface area contributed by atoms with Crippen molar-refractivity contribution in [1.29, 1.82) is 0 Å². The second kappa shape index (κ2) is 4.99. The van der Waals surface area contributed by atoms with Gasteiger partial charge < -0.3 is 4.74 Å². The zero-order valence-corrected chi connectivity index (χ0v) is 10.9. The van der Waals surface area contributed by atoms with Crippen LogP contribution in [0.15, 0.2) is 36.7 Å². The molecule has 3 rings (SSSR count). The molecule has 0 bridgehead atoms. The summed E-state index contributed by atoms with van der Waals surface area (Å²) in [5.74, 6) is 6.71. The van der Waals surface area contributed by atoms with E-state index < -0.39 is 0 Å². The minimum Gasteiger partial charge on any atom is -0.493 e. The van der Waals surface area contributed by atoms with Crippen molar-refractivity contribution in [3.05, 3.63) is 58.9 Å². The number of aromatic nitrogens is 1. The molecule has 0 radical (unpaired) electrons. The number of pyridine rings is 1. The molecule has 1 atom stereocenters. The number of hydrogen-bond donors (Lipinski definition) is 2. The SMILES string of the molecule is Cc1cncc(C(NN)c2ccc3c(c2)CCO3)c1. The first-order chi connectivity index (χ1) is 9.28. The first-order valence-corrected chi connectivity index (χ1v) is 6.41. The van der Waals surface area contributed by atoms with Crippen molar-refractivity contribution in [3.63, 3.8) is 0 Å². The molecular weight excluding hydrogens is 238 g/mol. The van der Waals surface area contributed by atoms with E-state index in [4.69, 9.17) is 10.6 Å². The normalized spacial score (nSPS) is 14.8. The lowest BCUT2D eigenvalue weighted by molar-refractivity contribution is 0.357. The van der Waals surface area contributed by atoms with Gasteiger partial charge in [-0.05, 0) is 35.2 Å². The lowest BCUT2D eigenvalue weighted by Gasteiger charge is -2.17. The molecule has 0 aliphatic carbocycles. The fraction of sp³-hybridized carbons (Fsp3) is 0.267. The Morgan fingerprint density at radius 1 is 1.26 bits per heavy atom. The summed E-state index contributed by atoms with van der Waals surface area (Å²) in [5.41, 5.74) is 7.46. The first kappa shape index (κ1) is 12.1. The number of aryl methyl sites for hydroxylation is 1. The Hall–Kier alpha value is -1.91. The first-order valence-electron chi connectivity index (χ1n) is 6.41. The van der Waals surface area contributed by atoms with Gasteiger partial charge in [0.15, 0.2) is 0 Å². The van der Waals surface area contributed by atoms with E-state index in [1.54, 1.807) is 0 Å². The van der Waals surface area contributed by atoms with E-state index in [0.717, 1.165) is 35.5 Å². The zero-order chi connectivity index (χ0) is 13.2. The Morgan fingerprint density at radius 3 is 2.95 bits per heavy atom. The average molecular weight is 255 g/mol. The van der Waals surface area contributed by atoms with Crippen molar-refractivity contribution in [1.82, 2.24) is 10.4 Å². The van der Waals surface area contributed by atoms with Crippen LogP contribution >= 0.6 is 0 Å². The van der Waals surface area contributed by atoms with Crippen molar-refractivity contribution in [2.75, 3.05) is 6.61 Å². The molecule has 0 saturated heterocycles.